The molecule has 1 amide bonds. The van der Waals surface area contributed by atoms with Crippen LogP contribution in [0.5, 0.6) is 0 Å². The SMILES string of the molecule is NCC1(C(=O)NC(C2CC2)C2CC2)CCCC1. The highest BCUT2D eigenvalue weighted by Gasteiger charge is 2.46. The van der Waals surface area contributed by atoms with Crippen molar-refractivity contribution in [2.45, 2.75) is 57.4 Å². The molecule has 3 aliphatic rings. The van der Waals surface area contributed by atoms with Crippen molar-refractivity contribution < 1.29 is 4.79 Å². The third-order valence-corrected chi connectivity index (χ3v) is 4.99. The summed E-state index contributed by atoms with van der Waals surface area (Å²) in [4.78, 5) is 12.5. The molecule has 0 aromatic heterocycles. The molecule has 0 aromatic rings. The van der Waals surface area contributed by atoms with E-state index in [1.807, 2.05) is 0 Å². The van der Waals surface area contributed by atoms with Gasteiger partial charge < -0.3 is 11.1 Å². The van der Waals surface area contributed by atoms with E-state index in [4.69, 9.17) is 5.73 Å². The molecule has 96 valence electrons. The number of amides is 1. The van der Waals surface area contributed by atoms with Crippen molar-refractivity contribution in [2.75, 3.05) is 6.54 Å². The summed E-state index contributed by atoms with van der Waals surface area (Å²) in [6.07, 6.45) is 9.60. The second-order valence-electron chi connectivity index (χ2n) is 6.37. The van der Waals surface area contributed by atoms with E-state index >= 15 is 0 Å². The molecule has 0 bridgehead atoms. The second-order valence-corrected chi connectivity index (χ2v) is 6.37. The zero-order valence-corrected chi connectivity index (χ0v) is 10.6. The number of nitrogens with one attached hydrogen (secondary N) is 1. The molecule has 0 unspecified atom stereocenters. The lowest BCUT2D eigenvalue weighted by Crippen LogP contribution is -2.49. The van der Waals surface area contributed by atoms with Crippen LogP contribution in [0.25, 0.3) is 0 Å². The molecule has 0 aliphatic heterocycles. The maximum absolute atomic E-state index is 12.5. The molecule has 3 N–H and O–H groups in total. The van der Waals surface area contributed by atoms with Crippen molar-refractivity contribution in [1.29, 1.82) is 0 Å². The lowest BCUT2D eigenvalue weighted by Gasteiger charge is -2.29. The van der Waals surface area contributed by atoms with Crippen LogP contribution in [-0.4, -0.2) is 18.5 Å². The van der Waals surface area contributed by atoms with Gasteiger partial charge in [-0.25, -0.2) is 0 Å². The molecule has 0 heterocycles. The number of hydrogen-bond acceptors (Lipinski definition) is 2. The highest BCUT2D eigenvalue weighted by atomic mass is 16.2. The Hall–Kier alpha value is -0.570. The van der Waals surface area contributed by atoms with Crippen molar-refractivity contribution in [3.05, 3.63) is 0 Å². The van der Waals surface area contributed by atoms with Gasteiger partial charge in [-0.1, -0.05) is 12.8 Å². The van der Waals surface area contributed by atoms with Crippen LogP contribution in [0.4, 0.5) is 0 Å². The molecule has 17 heavy (non-hydrogen) atoms. The van der Waals surface area contributed by atoms with Crippen LogP contribution in [0, 0.1) is 17.3 Å². The standard InChI is InChI=1S/C14H24N2O/c15-9-14(7-1-2-8-14)13(17)16-12(10-3-4-10)11-5-6-11/h10-12H,1-9,15H2,(H,16,17). The third-order valence-electron chi connectivity index (χ3n) is 4.99. The quantitative estimate of drug-likeness (QED) is 0.765. The highest BCUT2D eigenvalue weighted by molar-refractivity contribution is 5.83. The van der Waals surface area contributed by atoms with E-state index in [1.54, 1.807) is 0 Å². The van der Waals surface area contributed by atoms with Gasteiger partial charge in [0.05, 0.1) is 5.41 Å². The van der Waals surface area contributed by atoms with E-state index in [0.717, 1.165) is 24.7 Å². The smallest absolute Gasteiger partial charge is 0.227 e. The van der Waals surface area contributed by atoms with E-state index in [-0.39, 0.29) is 11.3 Å². The van der Waals surface area contributed by atoms with Crippen molar-refractivity contribution in [3.8, 4) is 0 Å². The van der Waals surface area contributed by atoms with Crippen LogP contribution < -0.4 is 11.1 Å². The molecular formula is C14H24N2O. The summed E-state index contributed by atoms with van der Waals surface area (Å²) in [5.74, 6) is 1.83. The molecule has 3 heteroatoms. The Morgan fingerprint density at radius 1 is 1.18 bits per heavy atom. The van der Waals surface area contributed by atoms with Crippen LogP contribution in [0.2, 0.25) is 0 Å². The number of rotatable bonds is 5. The van der Waals surface area contributed by atoms with E-state index in [2.05, 4.69) is 5.32 Å². The number of nitrogens with two attached hydrogens (primary N) is 1. The molecular weight excluding hydrogens is 212 g/mol. The van der Waals surface area contributed by atoms with Crippen molar-refractivity contribution >= 4 is 5.91 Å². The molecule has 0 radical (unpaired) electrons. The predicted octanol–water partition coefficient (Wildman–Crippen LogP) is 1.81. The molecule has 3 aliphatic carbocycles. The first-order valence-corrected chi connectivity index (χ1v) is 7.26. The molecule has 0 saturated heterocycles. The molecule has 0 spiro atoms. The zero-order valence-electron chi connectivity index (χ0n) is 10.6. The summed E-state index contributed by atoms with van der Waals surface area (Å²) in [6.45, 7) is 0.529. The second kappa shape index (κ2) is 4.27. The molecule has 3 saturated carbocycles. The lowest BCUT2D eigenvalue weighted by atomic mass is 9.84. The summed E-state index contributed by atoms with van der Waals surface area (Å²) in [5.41, 5.74) is 5.65. The fourth-order valence-corrected chi connectivity index (χ4v) is 3.41. The van der Waals surface area contributed by atoms with Crippen molar-refractivity contribution in [3.63, 3.8) is 0 Å². The molecule has 3 rings (SSSR count). The van der Waals surface area contributed by atoms with Gasteiger partial charge in [0, 0.05) is 12.6 Å². The van der Waals surface area contributed by atoms with Gasteiger partial charge in [-0.3, -0.25) is 4.79 Å². The van der Waals surface area contributed by atoms with Crippen molar-refractivity contribution in [2.24, 2.45) is 23.0 Å². The minimum atomic E-state index is -0.220. The Balaban J connectivity index is 1.64. The minimum Gasteiger partial charge on any atom is -0.352 e. The first kappa shape index (κ1) is 11.5. The average molecular weight is 236 g/mol. The van der Waals surface area contributed by atoms with Gasteiger partial charge in [-0.15, -0.1) is 0 Å². The Bertz CT molecular complexity index is 289. The Morgan fingerprint density at radius 2 is 1.71 bits per heavy atom. The first-order chi connectivity index (χ1) is 8.25. The van der Waals surface area contributed by atoms with Gasteiger partial charge in [0.1, 0.15) is 0 Å². The van der Waals surface area contributed by atoms with Gasteiger partial charge in [-0.2, -0.15) is 0 Å². The van der Waals surface area contributed by atoms with Gasteiger partial charge in [0.25, 0.3) is 0 Å². The van der Waals surface area contributed by atoms with Crippen LogP contribution in [0.3, 0.4) is 0 Å². The summed E-state index contributed by atoms with van der Waals surface area (Å²) in [5, 5.41) is 3.36. The first-order valence-electron chi connectivity index (χ1n) is 7.26. The highest BCUT2D eigenvalue weighted by Crippen LogP contribution is 2.45. The van der Waals surface area contributed by atoms with E-state index in [0.29, 0.717) is 12.6 Å². The largest absolute Gasteiger partial charge is 0.352 e. The van der Waals surface area contributed by atoms with Gasteiger partial charge in [0.15, 0.2) is 0 Å². The summed E-state index contributed by atoms with van der Waals surface area (Å²) < 4.78 is 0. The normalized spacial score (nSPS) is 27.4. The van der Waals surface area contributed by atoms with Crippen LogP contribution in [-0.2, 0) is 4.79 Å². The summed E-state index contributed by atoms with van der Waals surface area (Å²) in [7, 11) is 0. The third kappa shape index (κ3) is 2.22. The fourth-order valence-electron chi connectivity index (χ4n) is 3.41. The number of hydrogen-bond donors (Lipinski definition) is 2. The van der Waals surface area contributed by atoms with Gasteiger partial charge in [-0.05, 0) is 50.4 Å². The van der Waals surface area contributed by atoms with Gasteiger partial charge in [0.2, 0.25) is 5.91 Å². The van der Waals surface area contributed by atoms with Crippen LogP contribution >= 0.6 is 0 Å². The Morgan fingerprint density at radius 3 is 2.12 bits per heavy atom. The van der Waals surface area contributed by atoms with Gasteiger partial charge >= 0.3 is 0 Å². The van der Waals surface area contributed by atoms with Crippen LogP contribution in [0.1, 0.15) is 51.4 Å². The fraction of sp³-hybridized carbons (Fsp3) is 0.929. The minimum absolute atomic E-state index is 0.220. The molecule has 3 nitrogen and oxygen atoms in total. The van der Waals surface area contributed by atoms with E-state index in [9.17, 15) is 4.79 Å². The summed E-state index contributed by atoms with van der Waals surface area (Å²) >= 11 is 0. The van der Waals surface area contributed by atoms with E-state index in [1.165, 1.54) is 38.5 Å². The monoisotopic (exact) mass is 236 g/mol. The van der Waals surface area contributed by atoms with E-state index < -0.39 is 0 Å². The van der Waals surface area contributed by atoms with Crippen molar-refractivity contribution in [1.82, 2.24) is 5.32 Å². The number of carbonyl (C=O) groups is 1. The van der Waals surface area contributed by atoms with Crippen LogP contribution in [0.15, 0.2) is 0 Å². The topological polar surface area (TPSA) is 55.1 Å². The average Bonchev–Trinajstić information content (AvgIpc) is 3.25. The number of carbonyl (C=O) groups excluding carboxylic acids is 1. The predicted molar refractivity (Wildman–Crippen MR) is 67.3 cm³/mol. The molecule has 0 aromatic carbocycles. The maximum atomic E-state index is 12.5. The Kier molecular flexibility index (Phi) is 2.89. The lowest BCUT2D eigenvalue weighted by molar-refractivity contribution is -0.131. The maximum Gasteiger partial charge on any atom is 0.227 e. The summed E-state index contributed by atoms with van der Waals surface area (Å²) in [6, 6.07) is 0.478. The Labute approximate surface area is 104 Å². The molecule has 3 fully saturated rings. The zero-order chi connectivity index (χ0) is 11.9. The molecule has 0 atom stereocenters.